The highest BCUT2D eigenvalue weighted by Gasteiger charge is 2.39. The van der Waals surface area contributed by atoms with Crippen LogP contribution >= 0.6 is 0 Å². The van der Waals surface area contributed by atoms with Crippen molar-refractivity contribution in [1.82, 2.24) is 10.2 Å². The summed E-state index contributed by atoms with van der Waals surface area (Å²) >= 11 is 0. The van der Waals surface area contributed by atoms with Gasteiger partial charge in [-0.05, 0) is 26.2 Å². The number of rotatable bonds is 7. The van der Waals surface area contributed by atoms with E-state index < -0.39 is 10.8 Å². The van der Waals surface area contributed by atoms with Gasteiger partial charge in [-0.15, -0.1) is 0 Å². The maximum Gasteiger partial charge on any atom is 0.241 e. The molecule has 5 heteroatoms. The van der Waals surface area contributed by atoms with Crippen LogP contribution in [0, 0.1) is 0 Å². The number of nitrogens with one attached hydrogen (secondary N) is 1. The summed E-state index contributed by atoms with van der Waals surface area (Å²) in [6.45, 7) is 6.23. The zero-order valence-corrected chi connectivity index (χ0v) is 12.8. The normalized spacial score (nSPS) is 27.6. The van der Waals surface area contributed by atoms with Crippen LogP contribution in [-0.4, -0.2) is 45.3 Å². The van der Waals surface area contributed by atoms with E-state index in [4.69, 9.17) is 0 Å². The summed E-state index contributed by atoms with van der Waals surface area (Å²) in [6.07, 6.45) is 5.57. The van der Waals surface area contributed by atoms with Crippen molar-refractivity contribution in [3.05, 3.63) is 0 Å². The van der Waals surface area contributed by atoms with Gasteiger partial charge in [-0.1, -0.05) is 20.3 Å². The second-order valence-electron chi connectivity index (χ2n) is 5.09. The molecule has 1 amide bonds. The minimum absolute atomic E-state index is 0.0314. The number of hydrogen-bond donors (Lipinski definition) is 1. The average molecular weight is 274 g/mol. The zero-order valence-electron chi connectivity index (χ0n) is 11.9. The second kappa shape index (κ2) is 7.24. The monoisotopic (exact) mass is 274 g/mol. The molecule has 4 nitrogen and oxygen atoms in total. The van der Waals surface area contributed by atoms with Gasteiger partial charge in [-0.25, -0.2) is 0 Å². The first-order valence-electron chi connectivity index (χ1n) is 6.89. The molecule has 0 radical (unpaired) electrons. The van der Waals surface area contributed by atoms with Crippen molar-refractivity contribution in [2.75, 3.05) is 12.0 Å². The van der Waals surface area contributed by atoms with Crippen molar-refractivity contribution >= 4 is 16.7 Å². The molecule has 0 aliphatic carbocycles. The molecule has 0 aromatic rings. The maximum atomic E-state index is 12.3. The Kier molecular flexibility index (Phi) is 6.29. The molecule has 1 heterocycles. The van der Waals surface area contributed by atoms with Gasteiger partial charge in [-0.2, -0.15) is 0 Å². The molecule has 1 saturated heterocycles. The van der Waals surface area contributed by atoms with Crippen LogP contribution < -0.4 is 5.32 Å². The molecule has 1 N–H and O–H groups in total. The Balaban J connectivity index is 2.68. The molecule has 1 fully saturated rings. The van der Waals surface area contributed by atoms with Crippen molar-refractivity contribution in [2.24, 2.45) is 0 Å². The smallest absolute Gasteiger partial charge is 0.241 e. The standard InChI is InChI=1S/C13H26N2O2S/c1-5-7-12-14-11(6-2)13(16)15(12)10(3)8-9-18(4)17/h10-12,14H,5-9H2,1-4H3. The van der Waals surface area contributed by atoms with Crippen LogP contribution in [0.25, 0.3) is 0 Å². The van der Waals surface area contributed by atoms with E-state index in [0.29, 0.717) is 5.75 Å². The van der Waals surface area contributed by atoms with Crippen LogP contribution in [0.1, 0.15) is 46.5 Å². The quantitative estimate of drug-likeness (QED) is 0.765. The van der Waals surface area contributed by atoms with Crippen molar-refractivity contribution in [2.45, 2.75) is 64.7 Å². The van der Waals surface area contributed by atoms with E-state index in [2.05, 4.69) is 19.2 Å². The molecule has 4 unspecified atom stereocenters. The van der Waals surface area contributed by atoms with E-state index >= 15 is 0 Å². The van der Waals surface area contributed by atoms with Gasteiger partial charge in [0.05, 0.1) is 12.2 Å². The third-order valence-electron chi connectivity index (χ3n) is 3.55. The van der Waals surface area contributed by atoms with Crippen LogP contribution in [0.15, 0.2) is 0 Å². The molecule has 1 rings (SSSR count). The molecule has 1 aliphatic heterocycles. The van der Waals surface area contributed by atoms with E-state index in [1.807, 2.05) is 11.8 Å². The van der Waals surface area contributed by atoms with Crippen LogP contribution in [0.5, 0.6) is 0 Å². The first kappa shape index (κ1) is 15.6. The first-order valence-corrected chi connectivity index (χ1v) is 8.62. The summed E-state index contributed by atoms with van der Waals surface area (Å²) in [6, 6.07) is 0.137. The fourth-order valence-corrected chi connectivity index (χ4v) is 3.18. The van der Waals surface area contributed by atoms with Crippen LogP contribution in [0.4, 0.5) is 0 Å². The Morgan fingerprint density at radius 2 is 2.11 bits per heavy atom. The third-order valence-corrected chi connectivity index (χ3v) is 4.36. The van der Waals surface area contributed by atoms with E-state index in [-0.39, 0.29) is 24.2 Å². The van der Waals surface area contributed by atoms with Crippen LogP contribution in [-0.2, 0) is 15.6 Å². The van der Waals surface area contributed by atoms with Gasteiger partial charge in [0.25, 0.3) is 0 Å². The highest BCUT2D eigenvalue weighted by molar-refractivity contribution is 7.84. The Morgan fingerprint density at radius 3 is 2.61 bits per heavy atom. The molecule has 0 aromatic carbocycles. The van der Waals surface area contributed by atoms with Crippen LogP contribution in [0.2, 0.25) is 0 Å². The van der Waals surface area contributed by atoms with Gasteiger partial charge in [0, 0.05) is 28.9 Å². The third kappa shape index (κ3) is 3.79. The minimum atomic E-state index is -0.781. The summed E-state index contributed by atoms with van der Waals surface area (Å²) in [5.74, 6) is 0.881. The molecule has 0 saturated carbocycles. The highest BCUT2D eigenvalue weighted by atomic mass is 32.2. The predicted molar refractivity (Wildman–Crippen MR) is 75.8 cm³/mol. The SMILES string of the molecule is CCCC1NC(CC)C(=O)N1C(C)CCS(C)=O. The van der Waals surface area contributed by atoms with Gasteiger partial charge < -0.3 is 4.90 Å². The number of carbonyl (C=O) groups is 1. The molecule has 1 aliphatic rings. The Bertz CT molecular complexity index is 309. The molecule has 0 bridgehead atoms. The predicted octanol–water partition coefficient (Wildman–Crippen LogP) is 1.48. The summed E-state index contributed by atoms with van der Waals surface area (Å²) in [7, 11) is -0.781. The van der Waals surface area contributed by atoms with Gasteiger partial charge >= 0.3 is 0 Å². The maximum absolute atomic E-state index is 12.3. The summed E-state index contributed by atoms with van der Waals surface area (Å²) in [4.78, 5) is 14.3. The Morgan fingerprint density at radius 1 is 1.44 bits per heavy atom. The Labute approximate surface area is 113 Å². The molecule has 18 heavy (non-hydrogen) atoms. The molecular weight excluding hydrogens is 248 g/mol. The van der Waals surface area contributed by atoms with E-state index in [9.17, 15) is 9.00 Å². The van der Waals surface area contributed by atoms with E-state index in [0.717, 1.165) is 25.7 Å². The molecule has 106 valence electrons. The number of nitrogens with zero attached hydrogens (tertiary/aromatic N) is 1. The lowest BCUT2D eigenvalue weighted by Gasteiger charge is -2.30. The minimum Gasteiger partial charge on any atom is -0.323 e. The summed E-state index contributed by atoms with van der Waals surface area (Å²) in [5, 5.41) is 3.41. The summed E-state index contributed by atoms with van der Waals surface area (Å²) in [5.41, 5.74) is 0. The van der Waals surface area contributed by atoms with Gasteiger partial charge in [-0.3, -0.25) is 14.3 Å². The fraction of sp³-hybridized carbons (Fsp3) is 0.923. The van der Waals surface area contributed by atoms with Crippen LogP contribution in [0.3, 0.4) is 0 Å². The summed E-state index contributed by atoms with van der Waals surface area (Å²) < 4.78 is 11.2. The number of carbonyl (C=O) groups excluding carboxylic acids is 1. The van der Waals surface area contributed by atoms with Crippen molar-refractivity contribution in [3.63, 3.8) is 0 Å². The molecule has 0 spiro atoms. The van der Waals surface area contributed by atoms with E-state index in [1.54, 1.807) is 6.26 Å². The van der Waals surface area contributed by atoms with Gasteiger partial charge in [0.2, 0.25) is 5.91 Å². The lowest BCUT2D eigenvalue weighted by Crippen LogP contribution is -2.43. The largest absolute Gasteiger partial charge is 0.323 e. The number of hydrogen-bond acceptors (Lipinski definition) is 3. The average Bonchev–Trinajstić information content (AvgIpc) is 2.63. The van der Waals surface area contributed by atoms with Gasteiger partial charge in [0.1, 0.15) is 0 Å². The lowest BCUT2D eigenvalue weighted by molar-refractivity contribution is -0.132. The van der Waals surface area contributed by atoms with Crippen molar-refractivity contribution in [1.29, 1.82) is 0 Å². The lowest BCUT2D eigenvalue weighted by atomic mass is 10.1. The van der Waals surface area contributed by atoms with E-state index in [1.165, 1.54) is 0 Å². The second-order valence-corrected chi connectivity index (χ2v) is 6.65. The van der Waals surface area contributed by atoms with Crippen molar-refractivity contribution in [3.8, 4) is 0 Å². The number of amides is 1. The topological polar surface area (TPSA) is 49.4 Å². The zero-order chi connectivity index (χ0) is 13.7. The Hall–Kier alpha value is -0.420. The van der Waals surface area contributed by atoms with Gasteiger partial charge in [0.15, 0.2) is 0 Å². The molecule has 0 aromatic heterocycles. The highest BCUT2D eigenvalue weighted by Crippen LogP contribution is 2.21. The molecular formula is C13H26N2O2S. The van der Waals surface area contributed by atoms with Crippen molar-refractivity contribution < 1.29 is 9.00 Å². The fourth-order valence-electron chi connectivity index (χ4n) is 2.51. The molecule has 4 atom stereocenters. The first-order chi connectivity index (χ1) is 8.51.